The second kappa shape index (κ2) is 9.67. The van der Waals surface area contributed by atoms with Gasteiger partial charge in [-0.25, -0.2) is 0 Å². The van der Waals surface area contributed by atoms with Crippen LogP contribution in [0.4, 0.5) is 0 Å². The lowest BCUT2D eigenvalue weighted by Crippen LogP contribution is -2.41. The summed E-state index contributed by atoms with van der Waals surface area (Å²) >= 11 is 3.57. The maximum Gasteiger partial charge on any atom is 0.221 e. The average Bonchev–Trinajstić information content (AvgIpc) is 3.06. The zero-order valence-electron chi connectivity index (χ0n) is 14.5. The summed E-state index contributed by atoms with van der Waals surface area (Å²) in [7, 11) is 3.75. The van der Waals surface area contributed by atoms with E-state index in [9.17, 15) is 4.79 Å². The summed E-state index contributed by atoms with van der Waals surface area (Å²) in [5.74, 6) is 0.915. The van der Waals surface area contributed by atoms with Gasteiger partial charge in [0, 0.05) is 44.1 Å². The quantitative estimate of drug-likeness (QED) is 0.575. The smallest absolute Gasteiger partial charge is 0.221 e. The highest BCUT2D eigenvalue weighted by molar-refractivity contribution is 9.10. The van der Waals surface area contributed by atoms with Crippen LogP contribution in [-0.2, 0) is 11.3 Å². The fourth-order valence-corrected chi connectivity index (χ4v) is 3.41. The number of guanidine groups is 1. The molecule has 24 heavy (non-hydrogen) atoms. The van der Waals surface area contributed by atoms with Gasteiger partial charge in [0.25, 0.3) is 0 Å². The van der Waals surface area contributed by atoms with Gasteiger partial charge in [0.1, 0.15) is 0 Å². The fourth-order valence-electron chi connectivity index (χ4n) is 3.00. The van der Waals surface area contributed by atoms with Crippen LogP contribution in [0.1, 0.15) is 37.7 Å². The van der Waals surface area contributed by atoms with E-state index in [1.165, 1.54) is 18.4 Å². The van der Waals surface area contributed by atoms with Crippen molar-refractivity contribution in [1.29, 1.82) is 0 Å². The molecule has 1 aromatic rings. The maximum atomic E-state index is 12.0. The van der Waals surface area contributed by atoms with Crippen molar-refractivity contribution in [1.82, 2.24) is 15.5 Å². The van der Waals surface area contributed by atoms with Crippen molar-refractivity contribution >= 4 is 27.8 Å². The summed E-state index contributed by atoms with van der Waals surface area (Å²) in [6.45, 7) is 1.33. The number of hydrogen-bond acceptors (Lipinski definition) is 2. The van der Waals surface area contributed by atoms with Crippen LogP contribution in [0.2, 0.25) is 0 Å². The third-order valence-electron chi connectivity index (χ3n) is 4.29. The molecule has 0 aromatic heterocycles. The Kier molecular flexibility index (Phi) is 7.56. The van der Waals surface area contributed by atoms with E-state index >= 15 is 0 Å². The lowest BCUT2D eigenvalue weighted by molar-refractivity contribution is -0.121. The Morgan fingerprint density at radius 1 is 1.33 bits per heavy atom. The number of carbonyl (C=O) groups excluding carboxylic acids is 1. The van der Waals surface area contributed by atoms with Gasteiger partial charge in [-0.2, -0.15) is 0 Å². The number of halogens is 1. The van der Waals surface area contributed by atoms with E-state index in [-0.39, 0.29) is 5.91 Å². The highest BCUT2D eigenvalue weighted by Crippen LogP contribution is 2.18. The van der Waals surface area contributed by atoms with Crippen LogP contribution in [0.15, 0.2) is 33.7 Å². The van der Waals surface area contributed by atoms with Gasteiger partial charge >= 0.3 is 0 Å². The van der Waals surface area contributed by atoms with E-state index in [1.807, 2.05) is 25.2 Å². The Morgan fingerprint density at radius 3 is 2.71 bits per heavy atom. The first kappa shape index (κ1) is 18.8. The first-order chi connectivity index (χ1) is 11.6. The Morgan fingerprint density at radius 2 is 2.04 bits per heavy atom. The van der Waals surface area contributed by atoms with Crippen LogP contribution >= 0.6 is 15.9 Å². The van der Waals surface area contributed by atoms with Crippen LogP contribution in [0.3, 0.4) is 0 Å². The third kappa shape index (κ3) is 5.82. The Balaban J connectivity index is 1.75. The van der Waals surface area contributed by atoms with Crippen LogP contribution in [0, 0.1) is 0 Å². The fraction of sp³-hybridized carbons (Fsp3) is 0.556. The van der Waals surface area contributed by atoms with E-state index in [0.29, 0.717) is 19.0 Å². The average molecular weight is 395 g/mol. The minimum Gasteiger partial charge on any atom is -0.356 e. The SMILES string of the molecule is CN=C(NCCC(=O)NC1CCCC1)N(C)Cc1ccccc1Br. The predicted molar refractivity (Wildman–Crippen MR) is 102 cm³/mol. The third-order valence-corrected chi connectivity index (χ3v) is 5.07. The molecular weight excluding hydrogens is 368 g/mol. The molecule has 6 heteroatoms. The molecule has 0 bridgehead atoms. The molecule has 1 aliphatic carbocycles. The number of carbonyl (C=O) groups is 1. The van der Waals surface area contributed by atoms with Crippen LogP contribution in [-0.4, -0.2) is 43.4 Å². The van der Waals surface area contributed by atoms with Gasteiger partial charge in [0.15, 0.2) is 5.96 Å². The van der Waals surface area contributed by atoms with Gasteiger partial charge in [0.05, 0.1) is 0 Å². The number of aliphatic imine (C=N–C) groups is 1. The lowest BCUT2D eigenvalue weighted by Gasteiger charge is -2.22. The van der Waals surface area contributed by atoms with E-state index in [1.54, 1.807) is 7.05 Å². The number of nitrogens with zero attached hydrogens (tertiary/aromatic N) is 2. The summed E-state index contributed by atoms with van der Waals surface area (Å²) in [5.41, 5.74) is 1.20. The molecule has 0 aliphatic heterocycles. The zero-order valence-corrected chi connectivity index (χ0v) is 16.1. The molecule has 5 nitrogen and oxygen atoms in total. The topological polar surface area (TPSA) is 56.7 Å². The Labute approximate surface area is 153 Å². The molecule has 1 saturated carbocycles. The lowest BCUT2D eigenvalue weighted by atomic mass is 10.2. The molecule has 0 spiro atoms. The molecule has 1 fully saturated rings. The van der Waals surface area contributed by atoms with E-state index in [2.05, 4.69) is 42.5 Å². The van der Waals surface area contributed by atoms with Gasteiger partial charge in [-0.1, -0.05) is 47.0 Å². The molecule has 0 radical (unpaired) electrons. The molecule has 0 unspecified atom stereocenters. The number of benzene rings is 1. The van der Waals surface area contributed by atoms with E-state index in [4.69, 9.17) is 0 Å². The van der Waals surface area contributed by atoms with Crippen molar-refractivity contribution in [3.05, 3.63) is 34.3 Å². The molecule has 1 amide bonds. The summed E-state index contributed by atoms with van der Waals surface area (Å²) < 4.78 is 1.09. The van der Waals surface area contributed by atoms with Crippen LogP contribution < -0.4 is 10.6 Å². The van der Waals surface area contributed by atoms with Gasteiger partial charge in [0.2, 0.25) is 5.91 Å². The first-order valence-electron chi connectivity index (χ1n) is 8.54. The minimum absolute atomic E-state index is 0.123. The van der Waals surface area contributed by atoms with Crippen molar-refractivity contribution in [3.8, 4) is 0 Å². The Hall–Kier alpha value is -1.56. The highest BCUT2D eigenvalue weighted by Gasteiger charge is 2.17. The predicted octanol–water partition coefficient (Wildman–Crippen LogP) is 2.91. The summed E-state index contributed by atoms with van der Waals surface area (Å²) in [6.07, 6.45) is 5.18. The normalized spacial score (nSPS) is 15.4. The maximum absolute atomic E-state index is 12.0. The van der Waals surface area contributed by atoms with Crippen molar-refractivity contribution in [2.24, 2.45) is 4.99 Å². The monoisotopic (exact) mass is 394 g/mol. The molecular formula is C18H27BrN4O. The molecule has 1 aromatic carbocycles. The van der Waals surface area contributed by atoms with Crippen LogP contribution in [0.5, 0.6) is 0 Å². The van der Waals surface area contributed by atoms with Gasteiger partial charge < -0.3 is 15.5 Å². The van der Waals surface area contributed by atoms with Gasteiger partial charge in [-0.15, -0.1) is 0 Å². The second-order valence-electron chi connectivity index (χ2n) is 6.22. The van der Waals surface area contributed by atoms with Gasteiger partial charge in [-0.05, 0) is 24.5 Å². The largest absolute Gasteiger partial charge is 0.356 e. The van der Waals surface area contributed by atoms with Crippen molar-refractivity contribution in [2.45, 2.75) is 44.7 Å². The Bertz CT molecular complexity index is 570. The number of hydrogen-bond donors (Lipinski definition) is 2. The molecule has 1 aliphatic rings. The summed E-state index contributed by atoms with van der Waals surface area (Å²) in [4.78, 5) is 18.3. The van der Waals surface area contributed by atoms with E-state index in [0.717, 1.165) is 29.8 Å². The molecule has 0 atom stereocenters. The standard InChI is InChI=1S/C18H27BrN4O/c1-20-18(23(2)13-14-7-3-6-10-16(14)19)21-12-11-17(24)22-15-8-4-5-9-15/h3,6-7,10,15H,4-5,8-9,11-13H2,1-2H3,(H,20,21)(H,22,24). The second-order valence-corrected chi connectivity index (χ2v) is 7.07. The molecule has 0 saturated heterocycles. The number of rotatable bonds is 6. The zero-order chi connectivity index (χ0) is 17.4. The van der Waals surface area contributed by atoms with Crippen molar-refractivity contribution < 1.29 is 4.79 Å². The number of amides is 1. The number of nitrogens with one attached hydrogen (secondary N) is 2. The molecule has 2 N–H and O–H groups in total. The highest BCUT2D eigenvalue weighted by atomic mass is 79.9. The molecule has 2 rings (SSSR count). The van der Waals surface area contributed by atoms with Crippen LogP contribution in [0.25, 0.3) is 0 Å². The van der Waals surface area contributed by atoms with Gasteiger partial charge in [-0.3, -0.25) is 9.79 Å². The summed E-state index contributed by atoms with van der Waals surface area (Å²) in [6, 6.07) is 8.53. The van der Waals surface area contributed by atoms with E-state index < -0.39 is 0 Å². The summed E-state index contributed by atoms with van der Waals surface area (Å²) in [5, 5.41) is 6.37. The first-order valence-corrected chi connectivity index (χ1v) is 9.34. The minimum atomic E-state index is 0.123. The van der Waals surface area contributed by atoms with Crippen molar-refractivity contribution in [3.63, 3.8) is 0 Å². The molecule has 132 valence electrons. The molecule has 0 heterocycles. The van der Waals surface area contributed by atoms with Crippen molar-refractivity contribution in [2.75, 3.05) is 20.6 Å².